The number of carbonyl (C=O) groups excluding carboxylic acids is 2. The summed E-state index contributed by atoms with van der Waals surface area (Å²) >= 11 is 6.63. The molecule has 0 radical (unpaired) electrons. The van der Waals surface area contributed by atoms with Gasteiger partial charge in [-0.05, 0) is 47.1 Å². The Labute approximate surface area is 303 Å². The molecule has 4 aromatic carbocycles. The topological polar surface area (TPSA) is 98.0 Å². The SMILES string of the molecule is CCCN(Cc1nc(-c2ccc(-c3ccc(-c4cnc([C@H]5CCCN5C(=O)Cc5ccccc5)[nH]4)cc3)cc2)c(Cl)[nH]1)C(=O)Cc1ccccc1. The third kappa shape index (κ3) is 7.97. The van der Waals surface area contributed by atoms with Crippen molar-refractivity contribution in [3.05, 3.63) is 143 Å². The smallest absolute Gasteiger partial charge is 0.227 e. The maximum Gasteiger partial charge on any atom is 0.227 e. The Morgan fingerprint density at radius 3 is 2.06 bits per heavy atom. The lowest BCUT2D eigenvalue weighted by atomic mass is 10.0. The Morgan fingerprint density at radius 1 is 0.804 bits per heavy atom. The molecule has 1 aliphatic heterocycles. The van der Waals surface area contributed by atoms with Crippen molar-refractivity contribution < 1.29 is 9.59 Å². The number of nitrogens with zero attached hydrogens (tertiary/aromatic N) is 4. The van der Waals surface area contributed by atoms with Gasteiger partial charge < -0.3 is 19.8 Å². The van der Waals surface area contributed by atoms with Crippen LogP contribution >= 0.6 is 11.6 Å². The van der Waals surface area contributed by atoms with Crippen molar-refractivity contribution in [2.45, 2.75) is 51.6 Å². The van der Waals surface area contributed by atoms with E-state index in [0.717, 1.165) is 70.7 Å². The number of benzene rings is 4. The van der Waals surface area contributed by atoms with Crippen molar-refractivity contribution in [3.63, 3.8) is 0 Å². The van der Waals surface area contributed by atoms with Gasteiger partial charge in [-0.1, -0.05) is 128 Å². The van der Waals surface area contributed by atoms with Gasteiger partial charge in [0.05, 0.1) is 37.3 Å². The number of imidazole rings is 2. The summed E-state index contributed by atoms with van der Waals surface area (Å²) in [6.07, 6.45) is 5.34. The average Bonchev–Trinajstić information content (AvgIpc) is 3.93. The van der Waals surface area contributed by atoms with E-state index in [1.807, 2.05) is 88.8 Å². The van der Waals surface area contributed by atoms with Gasteiger partial charge in [0.1, 0.15) is 22.5 Å². The molecule has 1 atom stereocenters. The molecule has 9 heteroatoms. The van der Waals surface area contributed by atoms with Crippen LogP contribution in [0.25, 0.3) is 33.6 Å². The molecule has 258 valence electrons. The van der Waals surface area contributed by atoms with Gasteiger partial charge in [-0.2, -0.15) is 0 Å². The van der Waals surface area contributed by atoms with Crippen LogP contribution in [-0.4, -0.2) is 54.6 Å². The van der Waals surface area contributed by atoms with Crippen LogP contribution in [0.5, 0.6) is 0 Å². The normalized spacial score (nSPS) is 14.2. The van der Waals surface area contributed by atoms with Gasteiger partial charge in [0.15, 0.2) is 0 Å². The van der Waals surface area contributed by atoms with Gasteiger partial charge in [-0.3, -0.25) is 9.59 Å². The van der Waals surface area contributed by atoms with E-state index in [2.05, 4.69) is 53.3 Å². The monoisotopic (exact) mass is 696 g/mol. The standard InChI is InChI=1S/C42H41ClN6O2/c1-2-23-48(38(50)25-29-10-5-3-6-11-29)28-37-46-40(41(43)47-37)34-21-17-32(18-22-34)31-15-19-33(20-16-31)35-27-44-42(45-35)36-14-9-24-49(36)39(51)26-30-12-7-4-8-13-30/h3-8,10-13,15-22,27,36H,2,9,14,23-26,28H2,1H3,(H,44,45)(H,46,47)/t36-/m1/s1. The van der Waals surface area contributed by atoms with E-state index >= 15 is 0 Å². The zero-order chi connectivity index (χ0) is 35.2. The first kappa shape index (κ1) is 34.0. The fraction of sp³-hybridized carbons (Fsp3) is 0.238. The largest absolute Gasteiger partial charge is 0.340 e. The summed E-state index contributed by atoms with van der Waals surface area (Å²) in [5, 5.41) is 0.453. The summed E-state index contributed by atoms with van der Waals surface area (Å²) in [5.74, 6) is 1.69. The van der Waals surface area contributed by atoms with Crippen molar-refractivity contribution in [1.82, 2.24) is 29.7 Å². The highest BCUT2D eigenvalue weighted by Gasteiger charge is 2.32. The number of halogens is 1. The van der Waals surface area contributed by atoms with Crippen LogP contribution in [0.2, 0.25) is 5.15 Å². The summed E-state index contributed by atoms with van der Waals surface area (Å²) in [6.45, 7) is 3.83. The quantitative estimate of drug-likeness (QED) is 0.134. The van der Waals surface area contributed by atoms with E-state index in [1.165, 1.54) is 0 Å². The number of hydrogen-bond donors (Lipinski definition) is 2. The summed E-state index contributed by atoms with van der Waals surface area (Å²) in [6, 6.07) is 36.2. The second-order valence-electron chi connectivity index (χ2n) is 13.1. The molecule has 3 heterocycles. The second-order valence-corrected chi connectivity index (χ2v) is 13.4. The Balaban J connectivity index is 0.995. The molecule has 2 aromatic heterocycles. The summed E-state index contributed by atoms with van der Waals surface area (Å²) in [7, 11) is 0. The number of hydrogen-bond acceptors (Lipinski definition) is 4. The predicted molar refractivity (Wildman–Crippen MR) is 202 cm³/mol. The fourth-order valence-corrected chi connectivity index (χ4v) is 7.09. The van der Waals surface area contributed by atoms with Gasteiger partial charge >= 0.3 is 0 Å². The summed E-state index contributed by atoms with van der Waals surface area (Å²) < 4.78 is 0. The minimum Gasteiger partial charge on any atom is -0.340 e. The maximum absolute atomic E-state index is 13.2. The molecule has 1 aliphatic rings. The molecule has 2 amide bonds. The lowest BCUT2D eigenvalue weighted by Gasteiger charge is -2.23. The lowest BCUT2D eigenvalue weighted by molar-refractivity contribution is -0.132. The summed E-state index contributed by atoms with van der Waals surface area (Å²) in [5.41, 5.74) is 7.70. The predicted octanol–water partition coefficient (Wildman–Crippen LogP) is 8.67. The zero-order valence-electron chi connectivity index (χ0n) is 28.7. The Hall–Kier alpha value is -5.47. The number of amides is 2. The molecule has 51 heavy (non-hydrogen) atoms. The number of likely N-dealkylation sites (tertiary alicyclic amines) is 1. The van der Waals surface area contributed by atoms with Crippen LogP contribution in [0.4, 0.5) is 0 Å². The molecule has 0 unspecified atom stereocenters. The zero-order valence-corrected chi connectivity index (χ0v) is 29.4. The molecular weight excluding hydrogens is 656 g/mol. The number of nitrogens with one attached hydrogen (secondary N) is 2. The molecule has 1 fully saturated rings. The van der Waals surface area contributed by atoms with Crippen LogP contribution in [0, 0.1) is 0 Å². The van der Waals surface area contributed by atoms with Crippen molar-refractivity contribution in [2.24, 2.45) is 0 Å². The molecular formula is C42H41ClN6O2. The molecule has 0 bridgehead atoms. The first-order valence-electron chi connectivity index (χ1n) is 17.6. The third-order valence-electron chi connectivity index (χ3n) is 9.46. The number of aromatic nitrogens is 4. The van der Waals surface area contributed by atoms with Gasteiger partial charge in [0.2, 0.25) is 11.8 Å². The highest BCUT2D eigenvalue weighted by atomic mass is 35.5. The maximum atomic E-state index is 13.2. The van der Waals surface area contributed by atoms with E-state index < -0.39 is 0 Å². The van der Waals surface area contributed by atoms with Crippen molar-refractivity contribution in [3.8, 4) is 33.6 Å². The molecule has 6 aromatic rings. The Morgan fingerprint density at radius 2 is 1.41 bits per heavy atom. The molecule has 1 saturated heterocycles. The van der Waals surface area contributed by atoms with Gasteiger partial charge in [0.25, 0.3) is 0 Å². The van der Waals surface area contributed by atoms with Crippen LogP contribution in [-0.2, 0) is 29.0 Å². The second kappa shape index (κ2) is 15.6. The summed E-state index contributed by atoms with van der Waals surface area (Å²) in [4.78, 5) is 46.3. The van der Waals surface area contributed by atoms with Crippen molar-refractivity contribution >= 4 is 23.4 Å². The van der Waals surface area contributed by atoms with Crippen LogP contribution in [0.1, 0.15) is 55.0 Å². The van der Waals surface area contributed by atoms with E-state index in [-0.39, 0.29) is 17.9 Å². The number of H-pyrrole nitrogens is 2. The van der Waals surface area contributed by atoms with Gasteiger partial charge in [0, 0.05) is 18.7 Å². The van der Waals surface area contributed by atoms with E-state index in [4.69, 9.17) is 21.6 Å². The Bertz CT molecular complexity index is 2070. The molecule has 8 nitrogen and oxygen atoms in total. The Kier molecular flexibility index (Phi) is 10.4. The first-order chi connectivity index (χ1) is 24.9. The molecule has 2 N–H and O–H groups in total. The number of carbonyl (C=O) groups is 2. The third-order valence-corrected chi connectivity index (χ3v) is 9.74. The van der Waals surface area contributed by atoms with Gasteiger partial charge in [-0.15, -0.1) is 0 Å². The number of rotatable bonds is 12. The first-order valence-corrected chi connectivity index (χ1v) is 18.0. The molecule has 7 rings (SSSR count). The minimum atomic E-state index is -0.0377. The van der Waals surface area contributed by atoms with E-state index in [9.17, 15) is 9.59 Å². The van der Waals surface area contributed by atoms with Crippen molar-refractivity contribution in [2.75, 3.05) is 13.1 Å². The van der Waals surface area contributed by atoms with Crippen LogP contribution in [0.3, 0.4) is 0 Å². The highest BCUT2D eigenvalue weighted by Crippen LogP contribution is 2.33. The molecule has 0 aliphatic carbocycles. The van der Waals surface area contributed by atoms with Gasteiger partial charge in [-0.25, -0.2) is 9.97 Å². The van der Waals surface area contributed by atoms with E-state index in [1.54, 1.807) is 0 Å². The fourth-order valence-electron chi connectivity index (χ4n) is 6.83. The average molecular weight is 697 g/mol. The van der Waals surface area contributed by atoms with Crippen molar-refractivity contribution in [1.29, 1.82) is 0 Å². The molecule has 0 spiro atoms. The van der Waals surface area contributed by atoms with Crippen LogP contribution < -0.4 is 0 Å². The molecule has 0 saturated carbocycles. The minimum absolute atomic E-state index is 0.0377. The number of aromatic amines is 2. The van der Waals surface area contributed by atoms with E-state index in [0.29, 0.717) is 42.6 Å². The van der Waals surface area contributed by atoms with Crippen LogP contribution in [0.15, 0.2) is 115 Å². The highest BCUT2D eigenvalue weighted by molar-refractivity contribution is 6.31. The lowest BCUT2D eigenvalue weighted by Crippen LogP contribution is -2.33.